The van der Waals surface area contributed by atoms with E-state index in [1.165, 1.54) is 11.1 Å². The van der Waals surface area contributed by atoms with Crippen LogP contribution in [0.25, 0.3) is 0 Å². The van der Waals surface area contributed by atoms with Gasteiger partial charge >= 0.3 is 5.97 Å². The fourth-order valence-corrected chi connectivity index (χ4v) is 2.92. The van der Waals surface area contributed by atoms with Crippen LogP contribution in [0.2, 0.25) is 0 Å². The van der Waals surface area contributed by atoms with Crippen molar-refractivity contribution in [2.75, 3.05) is 46.3 Å². The van der Waals surface area contributed by atoms with Crippen LogP contribution in [-0.2, 0) is 16.1 Å². The van der Waals surface area contributed by atoms with E-state index < -0.39 is 5.97 Å². The summed E-state index contributed by atoms with van der Waals surface area (Å²) in [6.07, 6.45) is 0.0635. The molecule has 24 heavy (non-hydrogen) atoms. The number of nitrogens with zero attached hydrogens (tertiary/aromatic N) is 3. The monoisotopic (exact) mass is 333 g/mol. The zero-order valence-electron chi connectivity index (χ0n) is 14.6. The van der Waals surface area contributed by atoms with Crippen molar-refractivity contribution in [1.82, 2.24) is 14.7 Å². The Labute approximate surface area is 143 Å². The van der Waals surface area contributed by atoms with E-state index >= 15 is 0 Å². The molecule has 0 saturated carbocycles. The number of rotatable bonds is 7. The Kier molecular flexibility index (Phi) is 6.75. The van der Waals surface area contributed by atoms with Crippen LogP contribution in [0.3, 0.4) is 0 Å². The second-order valence-corrected chi connectivity index (χ2v) is 6.53. The lowest BCUT2D eigenvalue weighted by atomic mass is 10.1. The molecule has 1 amide bonds. The first-order valence-electron chi connectivity index (χ1n) is 8.40. The quantitative estimate of drug-likeness (QED) is 0.808. The number of hydrogen-bond donors (Lipinski definition) is 1. The zero-order chi connectivity index (χ0) is 17.5. The van der Waals surface area contributed by atoms with Crippen molar-refractivity contribution in [3.8, 4) is 0 Å². The predicted octanol–water partition coefficient (Wildman–Crippen LogP) is 1.05. The predicted molar refractivity (Wildman–Crippen MR) is 92.8 cm³/mol. The molecule has 1 fully saturated rings. The van der Waals surface area contributed by atoms with Gasteiger partial charge in [-0.05, 0) is 19.5 Å². The molecule has 1 heterocycles. The smallest absolute Gasteiger partial charge is 0.304 e. The number of carboxylic acids is 1. The van der Waals surface area contributed by atoms with Crippen LogP contribution in [0.4, 0.5) is 0 Å². The summed E-state index contributed by atoms with van der Waals surface area (Å²) in [4.78, 5) is 28.9. The Morgan fingerprint density at radius 1 is 1.21 bits per heavy atom. The largest absolute Gasteiger partial charge is 0.481 e. The number of carboxylic acid groups (broad SMARTS) is 1. The number of benzene rings is 1. The van der Waals surface area contributed by atoms with Crippen molar-refractivity contribution in [2.24, 2.45) is 0 Å². The third-order valence-electron chi connectivity index (χ3n) is 4.33. The van der Waals surface area contributed by atoms with E-state index in [4.69, 9.17) is 5.11 Å². The summed E-state index contributed by atoms with van der Waals surface area (Å²) in [5.41, 5.74) is 2.58. The molecule has 0 aliphatic carbocycles. The van der Waals surface area contributed by atoms with Gasteiger partial charge < -0.3 is 10.0 Å². The van der Waals surface area contributed by atoms with Gasteiger partial charge in [0.05, 0.1) is 13.0 Å². The van der Waals surface area contributed by atoms with E-state index in [1.54, 1.807) is 11.9 Å². The normalized spacial score (nSPS) is 15.7. The molecule has 6 nitrogen and oxygen atoms in total. The highest BCUT2D eigenvalue weighted by Crippen LogP contribution is 2.10. The molecule has 0 spiro atoms. The lowest BCUT2D eigenvalue weighted by molar-refractivity contribution is -0.138. The van der Waals surface area contributed by atoms with Gasteiger partial charge in [-0.2, -0.15) is 0 Å². The topological polar surface area (TPSA) is 64.1 Å². The van der Waals surface area contributed by atoms with E-state index in [9.17, 15) is 9.59 Å². The highest BCUT2D eigenvalue weighted by atomic mass is 16.4. The molecular formula is C18H27N3O3. The zero-order valence-corrected chi connectivity index (χ0v) is 14.6. The van der Waals surface area contributed by atoms with Crippen LogP contribution < -0.4 is 0 Å². The Morgan fingerprint density at radius 3 is 2.54 bits per heavy atom. The lowest BCUT2D eigenvalue weighted by Gasteiger charge is -2.35. The molecule has 0 unspecified atom stereocenters. The number of hydrogen-bond acceptors (Lipinski definition) is 4. The van der Waals surface area contributed by atoms with Gasteiger partial charge in [0, 0.05) is 39.3 Å². The Balaban J connectivity index is 1.73. The van der Waals surface area contributed by atoms with Gasteiger partial charge in [0.1, 0.15) is 0 Å². The fraction of sp³-hybridized carbons (Fsp3) is 0.556. The minimum absolute atomic E-state index is 0.0635. The molecule has 132 valence electrons. The van der Waals surface area contributed by atoms with E-state index in [-0.39, 0.29) is 18.9 Å². The number of aliphatic carboxylic acids is 1. The second kappa shape index (κ2) is 8.80. The van der Waals surface area contributed by atoms with Crippen LogP contribution in [0.5, 0.6) is 0 Å². The molecule has 1 aromatic rings. The van der Waals surface area contributed by atoms with E-state index in [2.05, 4.69) is 36.1 Å². The lowest BCUT2D eigenvalue weighted by Crippen LogP contribution is -2.50. The number of amides is 1. The first kappa shape index (κ1) is 18.4. The highest BCUT2D eigenvalue weighted by molar-refractivity contribution is 5.78. The molecule has 6 heteroatoms. The average molecular weight is 333 g/mol. The molecular weight excluding hydrogens is 306 g/mol. The molecule has 2 rings (SSSR count). The maximum absolute atomic E-state index is 12.3. The summed E-state index contributed by atoms with van der Waals surface area (Å²) in [6.45, 7) is 6.91. The summed E-state index contributed by atoms with van der Waals surface area (Å²) in [5, 5.41) is 8.69. The van der Waals surface area contributed by atoms with Gasteiger partial charge in [-0.25, -0.2) is 0 Å². The Bertz CT molecular complexity index is 568. The van der Waals surface area contributed by atoms with E-state index in [0.29, 0.717) is 6.54 Å². The van der Waals surface area contributed by atoms with E-state index in [1.807, 2.05) is 4.90 Å². The van der Waals surface area contributed by atoms with Gasteiger partial charge in [0.25, 0.3) is 0 Å². The molecule has 1 aliphatic rings. The van der Waals surface area contributed by atoms with Gasteiger partial charge in [0.15, 0.2) is 0 Å². The highest BCUT2D eigenvalue weighted by Gasteiger charge is 2.22. The van der Waals surface area contributed by atoms with Crippen molar-refractivity contribution in [1.29, 1.82) is 0 Å². The molecule has 1 aliphatic heterocycles. The van der Waals surface area contributed by atoms with Crippen LogP contribution in [-0.4, -0.2) is 78.0 Å². The molecule has 0 bridgehead atoms. The molecule has 1 aromatic carbocycles. The van der Waals surface area contributed by atoms with Crippen LogP contribution in [0.15, 0.2) is 24.3 Å². The van der Waals surface area contributed by atoms with Gasteiger partial charge in [0.2, 0.25) is 5.91 Å². The summed E-state index contributed by atoms with van der Waals surface area (Å²) < 4.78 is 0. The second-order valence-electron chi connectivity index (χ2n) is 6.53. The average Bonchev–Trinajstić information content (AvgIpc) is 2.53. The third-order valence-corrected chi connectivity index (χ3v) is 4.33. The number of aryl methyl sites for hydroxylation is 1. The summed E-state index contributed by atoms with van der Waals surface area (Å²) in [6, 6.07) is 8.52. The fourth-order valence-electron chi connectivity index (χ4n) is 2.92. The first-order valence-corrected chi connectivity index (χ1v) is 8.40. The molecule has 1 N–H and O–H groups in total. The number of piperazine rings is 1. The summed E-state index contributed by atoms with van der Waals surface area (Å²) >= 11 is 0. The summed E-state index contributed by atoms with van der Waals surface area (Å²) in [7, 11) is 1.79. The van der Waals surface area contributed by atoms with Crippen molar-refractivity contribution in [3.05, 3.63) is 35.4 Å². The Hall–Kier alpha value is -1.92. The van der Waals surface area contributed by atoms with Crippen molar-refractivity contribution < 1.29 is 14.7 Å². The maximum Gasteiger partial charge on any atom is 0.304 e. The maximum atomic E-state index is 12.3. The van der Waals surface area contributed by atoms with Gasteiger partial charge in [-0.1, -0.05) is 29.8 Å². The first-order chi connectivity index (χ1) is 11.4. The van der Waals surface area contributed by atoms with Crippen LogP contribution >= 0.6 is 0 Å². The van der Waals surface area contributed by atoms with Gasteiger partial charge in [-0.3, -0.25) is 19.4 Å². The molecule has 1 saturated heterocycles. The van der Waals surface area contributed by atoms with Gasteiger partial charge in [-0.15, -0.1) is 0 Å². The minimum atomic E-state index is -0.834. The summed E-state index contributed by atoms with van der Waals surface area (Å²) in [5.74, 6) is -0.753. The van der Waals surface area contributed by atoms with E-state index in [0.717, 1.165) is 32.7 Å². The van der Waals surface area contributed by atoms with Crippen LogP contribution in [0, 0.1) is 6.92 Å². The molecule has 0 aromatic heterocycles. The number of carbonyl (C=O) groups excluding carboxylic acids is 1. The SMILES string of the molecule is Cc1cccc(CN2CCN(C(=O)CN(C)CCC(=O)O)CC2)c1. The molecule has 0 radical (unpaired) electrons. The number of carbonyl (C=O) groups is 2. The minimum Gasteiger partial charge on any atom is -0.481 e. The van der Waals surface area contributed by atoms with Crippen LogP contribution in [0.1, 0.15) is 17.5 Å². The van der Waals surface area contributed by atoms with Crippen molar-refractivity contribution in [2.45, 2.75) is 19.9 Å². The number of likely N-dealkylation sites (N-methyl/N-ethyl adjacent to an activating group) is 1. The third kappa shape index (κ3) is 5.94. The van der Waals surface area contributed by atoms with Crippen molar-refractivity contribution >= 4 is 11.9 Å². The van der Waals surface area contributed by atoms with Crippen molar-refractivity contribution in [3.63, 3.8) is 0 Å². The molecule has 0 atom stereocenters. The standard InChI is InChI=1S/C18H27N3O3/c1-15-4-3-5-16(12-15)13-20-8-10-21(11-9-20)17(22)14-19(2)7-6-18(23)24/h3-5,12H,6-11,13-14H2,1-2H3,(H,23,24). The Morgan fingerprint density at radius 2 is 1.92 bits per heavy atom.